The number of nitrogens with zero attached hydrogens (tertiary/aromatic N) is 5. The highest BCUT2D eigenvalue weighted by Gasteiger charge is 2.24. The molecule has 0 radical (unpaired) electrons. The predicted octanol–water partition coefficient (Wildman–Crippen LogP) is -0.320. The van der Waals surface area contributed by atoms with Crippen molar-refractivity contribution < 1.29 is 9.59 Å². The second kappa shape index (κ2) is 7.62. The molecule has 0 saturated carbocycles. The lowest BCUT2D eigenvalue weighted by Crippen LogP contribution is -2.42. The summed E-state index contributed by atoms with van der Waals surface area (Å²) in [5.41, 5.74) is 0. The predicted molar refractivity (Wildman–Crippen MR) is 93.2 cm³/mol. The molecule has 0 bridgehead atoms. The van der Waals surface area contributed by atoms with Crippen molar-refractivity contribution in [3.63, 3.8) is 0 Å². The van der Waals surface area contributed by atoms with Crippen molar-refractivity contribution in [3.05, 3.63) is 5.82 Å². The zero-order valence-corrected chi connectivity index (χ0v) is 14.8. The van der Waals surface area contributed by atoms with Crippen molar-refractivity contribution in [2.45, 2.75) is 32.2 Å². The van der Waals surface area contributed by atoms with Crippen molar-refractivity contribution in [1.82, 2.24) is 25.6 Å². The van der Waals surface area contributed by atoms with E-state index in [9.17, 15) is 9.59 Å². The molecular weight excluding hydrogens is 322 g/mol. The lowest BCUT2D eigenvalue weighted by atomic mass is 9.98. The molecular formula is C16H25N7O2. The van der Waals surface area contributed by atoms with Crippen LogP contribution in [-0.4, -0.2) is 60.5 Å². The molecule has 9 nitrogen and oxygen atoms in total. The van der Waals surface area contributed by atoms with Gasteiger partial charge in [-0.25, -0.2) is 0 Å². The van der Waals surface area contributed by atoms with Crippen LogP contribution in [-0.2, 0) is 16.1 Å². The number of aromatic nitrogens is 3. The quantitative estimate of drug-likeness (QED) is 0.752. The summed E-state index contributed by atoms with van der Waals surface area (Å²) in [6, 6.07) is 0. The number of amides is 2. The van der Waals surface area contributed by atoms with Gasteiger partial charge in [0.25, 0.3) is 0 Å². The Morgan fingerprint density at radius 2 is 2.04 bits per heavy atom. The summed E-state index contributed by atoms with van der Waals surface area (Å²) in [6.07, 6.45) is 3.26. The van der Waals surface area contributed by atoms with Crippen molar-refractivity contribution in [2.75, 3.05) is 43.5 Å². The fourth-order valence-corrected chi connectivity index (χ4v) is 3.00. The highest BCUT2D eigenvalue weighted by molar-refractivity contribution is 5.83. The number of hydrogen-bond acceptors (Lipinski definition) is 7. The number of anilines is 2. The van der Waals surface area contributed by atoms with Gasteiger partial charge in [0.2, 0.25) is 23.7 Å². The third-order valence-corrected chi connectivity index (χ3v) is 4.50. The second-order valence-electron chi connectivity index (χ2n) is 6.70. The monoisotopic (exact) mass is 347 g/mol. The largest absolute Gasteiger partial charge is 0.355 e. The molecule has 25 heavy (non-hydrogen) atoms. The van der Waals surface area contributed by atoms with Gasteiger partial charge >= 0.3 is 0 Å². The van der Waals surface area contributed by atoms with E-state index in [2.05, 4.69) is 30.5 Å². The van der Waals surface area contributed by atoms with Gasteiger partial charge in [0.1, 0.15) is 0 Å². The zero-order chi connectivity index (χ0) is 17.8. The highest BCUT2D eigenvalue weighted by atomic mass is 16.2. The van der Waals surface area contributed by atoms with Gasteiger partial charge in [0, 0.05) is 40.2 Å². The maximum atomic E-state index is 12.3. The summed E-state index contributed by atoms with van der Waals surface area (Å²) >= 11 is 0. The van der Waals surface area contributed by atoms with Crippen molar-refractivity contribution >= 4 is 23.7 Å². The van der Waals surface area contributed by atoms with Gasteiger partial charge in [0.05, 0.1) is 12.5 Å². The van der Waals surface area contributed by atoms with Gasteiger partial charge in [-0.15, -0.1) is 0 Å². The van der Waals surface area contributed by atoms with E-state index in [-0.39, 0.29) is 24.3 Å². The Balaban J connectivity index is 1.66. The molecule has 1 aromatic rings. The van der Waals surface area contributed by atoms with Crippen LogP contribution in [0.4, 0.5) is 11.9 Å². The van der Waals surface area contributed by atoms with Crippen LogP contribution in [0.1, 0.15) is 31.5 Å². The van der Waals surface area contributed by atoms with Crippen LogP contribution in [0.25, 0.3) is 0 Å². The smallest absolute Gasteiger partial charge is 0.230 e. The summed E-state index contributed by atoms with van der Waals surface area (Å²) in [7, 11) is 3.77. The molecule has 2 amide bonds. The van der Waals surface area contributed by atoms with E-state index in [1.54, 1.807) is 0 Å². The number of carbonyl (C=O) groups is 2. The Morgan fingerprint density at radius 3 is 2.68 bits per heavy atom. The molecule has 2 aliphatic heterocycles. The third kappa shape index (κ3) is 4.34. The molecule has 0 unspecified atom stereocenters. The van der Waals surface area contributed by atoms with E-state index in [1.807, 2.05) is 19.0 Å². The molecule has 1 aromatic heterocycles. The van der Waals surface area contributed by atoms with Crippen LogP contribution >= 0.6 is 0 Å². The molecule has 0 spiro atoms. The molecule has 136 valence electrons. The van der Waals surface area contributed by atoms with E-state index in [1.165, 1.54) is 0 Å². The first kappa shape index (κ1) is 17.4. The first-order valence-electron chi connectivity index (χ1n) is 8.74. The summed E-state index contributed by atoms with van der Waals surface area (Å²) in [4.78, 5) is 40.9. The lowest BCUT2D eigenvalue weighted by molar-refractivity contribution is -0.129. The van der Waals surface area contributed by atoms with Gasteiger partial charge in [-0.3, -0.25) is 9.59 Å². The van der Waals surface area contributed by atoms with Crippen LogP contribution in [0, 0.1) is 5.92 Å². The summed E-state index contributed by atoms with van der Waals surface area (Å²) in [5, 5.41) is 5.61. The number of nitrogens with one attached hydrogen (secondary N) is 2. The minimum absolute atomic E-state index is 0.00685. The second-order valence-corrected chi connectivity index (χ2v) is 6.70. The normalized spacial score (nSPS) is 20.3. The molecule has 1 atom stereocenters. The van der Waals surface area contributed by atoms with Crippen molar-refractivity contribution in [3.8, 4) is 0 Å². The van der Waals surface area contributed by atoms with E-state index in [0.717, 1.165) is 25.9 Å². The first-order chi connectivity index (χ1) is 12.0. The maximum absolute atomic E-state index is 12.3. The molecule has 2 fully saturated rings. The molecule has 2 saturated heterocycles. The fraction of sp³-hybridized carbons (Fsp3) is 0.688. The van der Waals surface area contributed by atoms with Crippen LogP contribution in [0.3, 0.4) is 0 Å². The Hall–Kier alpha value is -2.45. The Kier molecular flexibility index (Phi) is 5.30. The van der Waals surface area contributed by atoms with Gasteiger partial charge in [-0.1, -0.05) is 0 Å². The van der Waals surface area contributed by atoms with Crippen LogP contribution in [0.2, 0.25) is 0 Å². The third-order valence-electron chi connectivity index (χ3n) is 4.50. The minimum Gasteiger partial charge on any atom is -0.355 e. The Bertz CT molecular complexity index is 633. The molecule has 3 heterocycles. The summed E-state index contributed by atoms with van der Waals surface area (Å²) < 4.78 is 0. The van der Waals surface area contributed by atoms with E-state index >= 15 is 0 Å². The maximum Gasteiger partial charge on any atom is 0.230 e. The molecule has 2 N–H and O–H groups in total. The van der Waals surface area contributed by atoms with E-state index < -0.39 is 0 Å². The van der Waals surface area contributed by atoms with E-state index in [4.69, 9.17) is 0 Å². The van der Waals surface area contributed by atoms with Crippen LogP contribution in [0.15, 0.2) is 0 Å². The summed E-state index contributed by atoms with van der Waals surface area (Å²) in [6.45, 7) is 2.55. The number of hydrogen-bond donors (Lipinski definition) is 2. The molecule has 9 heteroatoms. The van der Waals surface area contributed by atoms with E-state index in [0.29, 0.717) is 37.1 Å². The molecule has 0 aliphatic carbocycles. The first-order valence-corrected chi connectivity index (χ1v) is 8.74. The number of carbonyl (C=O) groups excluding carboxylic acids is 2. The summed E-state index contributed by atoms with van der Waals surface area (Å²) in [5.74, 6) is 1.55. The van der Waals surface area contributed by atoms with Gasteiger partial charge in [-0.2, -0.15) is 15.0 Å². The molecule has 2 aliphatic rings. The molecule has 3 rings (SSSR count). The zero-order valence-electron chi connectivity index (χ0n) is 14.8. The molecule has 0 aromatic carbocycles. The van der Waals surface area contributed by atoms with Gasteiger partial charge in [-0.05, 0) is 19.3 Å². The average molecular weight is 347 g/mol. The average Bonchev–Trinajstić information content (AvgIpc) is 3.14. The van der Waals surface area contributed by atoms with Crippen LogP contribution < -0.4 is 20.4 Å². The SMILES string of the molecule is CN(C)c1nc(CNC(=O)[C@H]2CCC(=O)NC2)nc(N2CCCC2)n1. The topological polar surface area (TPSA) is 103 Å². The van der Waals surface area contributed by atoms with Crippen molar-refractivity contribution in [1.29, 1.82) is 0 Å². The Morgan fingerprint density at radius 1 is 1.28 bits per heavy atom. The van der Waals surface area contributed by atoms with Crippen LogP contribution in [0.5, 0.6) is 0 Å². The van der Waals surface area contributed by atoms with Gasteiger partial charge in [0.15, 0.2) is 5.82 Å². The minimum atomic E-state index is -0.189. The lowest BCUT2D eigenvalue weighted by Gasteiger charge is -2.22. The standard InChI is InChI=1S/C16H25N7O2/c1-22(2)15-19-12(20-16(21-15)23-7-3-4-8-23)10-18-14(25)11-5-6-13(24)17-9-11/h11H,3-10H2,1-2H3,(H,17,24)(H,18,25)/t11-/m0/s1. The fourth-order valence-electron chi connectivity index (χ4n) is 3.00. The highest BCUT2D eigenvalue weighted by Crippen LogP contribution is 2.18. The van der Waals surface area contributed by atoms with Crippen molar-refractivity contribution in [2.24, 2.45) is 5.92 Å². The Labute approximate surface area is 147 Å². The van der Waals surface area contributed by atoms with Gasteiger partial charge < -0.3 is 20.4 Å². The number of piperidine rings is 1. The number of rotatable bonds is 5.